The van der Waals surface area contributed by atoms with E-state index in [-0.39, 0.29) is 65.8 Å². The van der Waals surface area contributed by atoms with Crippen LogP contribution in [0, 0.1) is 69.5 Å². The van der Waals surface area contributed by atoms with Crippen molar-refractivity contribution in [1.29, 1.82) is 0 Å². The molecule has 0 aromatic carbocycles. The molecule has 338 valence electrons. The third-order valence-electron chi connectivity index (χ3n) is 17.7. The molecule has 10 bridgehead atoms. The van der Waals surface area contributed by atoms with Gasteiger partial charge in [-0.2, -0.15) is 0 Å². The van der Waals surface area contributed by atoms with E-state index in [1.54, 1.807) is 0 Å². The molecule has 0 spiro atoms. The van der Waals surface area contributed by atoms with Gasteiger partial charge in [-0.05, 0) is 180 Å². The van der Waals surface area contributed by atoms with Crippen molar-refractivity contribution in [2.24, 2.45) is 69.5 Å². The molecule has 7 atom stereocenters. The largest absolute Gasteiger partial charge is 0.459 e. The molecule has 0 aromatic heterocycles. The first-order chi connectivity index (χ1) is 27.9. The van der Waals surface area contributed by atoms with E-state index in [2.05, 4.69) is 6.92 Å². The molecule has 11 rings (SSSR count). The lowest BCUT2D eigenvalue weighted by atomic mass is 9.50. The molecule has 7 unspecified atom stereocenters. The SMILES string of the molecule is CCC(C)(C)C(=O)OC12CC3CC(CC(O)(C3)C1)C2.CCC(C)(C)C(=O)OC1C2CC3C(=O)OC1C3C2.CCC(C)(C)C(=O)OCC(=O)OC1(C)C2CC3CC(C2)CC1C3. The molecule has 1 heterocycles. The van der Waals surface area contributed by atoms with E-state index in [1.807, 2.05) is 62.3 Å². The quantitative estimate of drug-likeness (QED) is 0.157. The molecule has 0 aromatic rings. The van der Waals surface area contributed by atoms with Crippen molar-refractivity contribution in [3.05, 3.63) is 0 Å². The first-order valence-corrected chi connectivity index (χ1v) is 23.7. The summed E-state index contributed by atoms with van der Waals surface area (Å²) in [5, 5.41) is 10.6. The van der Waals surface area contributed by atoms with Gasteiger partial charge >= 0.3 is 29.8 Å². The number of ether oxygens (including phenoxy) is 5. The first-order valence-electron chi connectivity index (χ1n) is 23.7. The number of hydrogen-bond donors (Lipinski definition) is 1. The van der Waals surface area contributed by atoms with Gasteiger partial charge in [0.15, 0.2) is 6.61 Å². The lowest BCUT2D eigenvalue weighted by Gasteiger charge is -2.59. The Morgan fingerprint density at radius 1 is 0.683 bits per heavy atom. The van der Waals surface area contributed by atoms with E-state index in [9.17, 15) is 29.1 Å². The van der Waals surface area contributed by atoms with Gasteiger partial charge in [-0.3, -0.25) is 19.2 Å². The fourth-order valence-electron chi connectivity index (χ4n) is 13.2. The maximum Gasteiger partial charge on any atom is 0.344 e. The lowest BCUT2D eigenvalue weighted by molar-refractivity contribution is -0.225. The summed E-state index contributed by atoms with van der Waals surface area (Å²) in [6.07, 6.45) is 15.5. The molecule has 1 aliphatic heterocycles. The molecule has 10 aliphatic carbocycles. The molecule has 11 fully saturated rings. The number of rotatable bonds is 11. The number of carbonyl (C=O) groups excluding carboxylic acids is 5. The summed E-state index contributed by atoms with van der Waals surface area (Å²) in [4.78, 5) is 60.4. The number of fused-ring (bicyclic) bond motifs is 1. The maximum absolute atomic E-state index is 12.4. The third kappa shape index (κ3) is 8.65. The number of hydrogen-bond acceptors (Lipinski definition) is 11. The van der Waals surface area contributed by atoms with E-state index in [0.717, 1.165) is 63.2 Å². The average molecular weight is 841 g/mol. The van der Waals surface area contributed by atoms with Crippen molar-refractivity contribution in [1.82, 2.24) is 0 Å². The van der Waals surface area contributed by atoms with Gasteiger partial charge < -0.3 is 28.8 Å². The zero-order valence-electron chi connectivity index (χ0n) is 38.4. The second-order valence-corrected chi connectivity index (χ2v) is 23.3. The van der Waals surface area contributed by atoms with Gasteiger partial charge in [-0.25, -0.2) is 4.79 Å². The van der Waals surface area contributed by atoms with Gasteiger partial charge in [-0.1, -0.05) is 20.8 Å². The summed E-state index contributed by atoms with van der Waals surface area (Å²) in [7, 11) is 0. The van der Waals surface area contributed by atoms with Crippen LogP contribution in [0.2, 0.25) is 0 Å². The minimum Gasteiger partial charge on any atom is -0.459 e. The molecular weight excluding hydrogens is 765 g/mol. The van der Waals surface area contributed by atoms with Crippen molar-refractivity contribution in [2.75, 3.05) is 6.61 Å². The number of carbonyl (C=O) groups is 5. The molecule has 60 heavy (non-hydrogen) atoms. The normalized spacial score (nSPS) is 41.1. The average Bonchev–Trinajstić information content (AvgIpc) is 3.81. The number of aliphatic hydroxyl groups is 1. The smallest absolute Gasteiger partial charge is 0.344 e. The van der Waals surface area contributed by atoms with Gasteiger partial charge in [0, 0.05) is 18.3 Å². The molecule has 1 saturated heterocycles. The Kier molecular flexibility index (Phi) is 12.2. The van der Waals surface area contributed by atoms with Crippen LogP contribution in [0.5, 0.6) is 0 Å². The van der Waals surface area contributed by atoms with Gasteiger partial charge in [0.2, 0.25) is 0 Å². The minimum atomic E-state index is -0.555. The second-order valence-electron chi connectivity index (χ2n) is 23.3. The molecule has 1 N–H and O–H groups in total. The van der Waals surface area contributed by atoms with E-state index in [0.29, 0.717) is 48.3 Å². The Morgan fingerprint density at radius 3 is 1.73 bits per heavy atom. The van der Waals surface area contributed by atoms with Gasteiger partial charge in [0.25, 0.3) is 0 Å². The van der Waals surface area contributed by atoms with Crippen molar-refractivity contribution in [2.45, 2.75) is 201 Å². The Hall–Kier alpha value is -2.69. The highest BCUT2D eigenvalue weighted by Crippen LogP contribution is 2.61. The van der Waals surface area contributed by atoms with E-state index in [1.165, 1.54) is 38.5 Å². The molecule has 0 radical (unpaired) electrons. The van der Waals surface area contributed by atoms with Crippen LogP contribution in [0.1, 0.15) is 172 Å². The van der Waals surface area contributed by atoms with Crippen LogP contribution in [0.25, 0.3) is 0 Å². The van der Waals surface area contributed by atoms with Crippen LogP contribution in [-0.4, -0.2) is 70.6 Å². The third-order valence-corrected chi connectivity index (χ3v) is 17.7. The fourth-order valence-corrected chi connectivity index (χ4v) is 13.2. The summed E-state index contributed by atoms with van der Waals surface area (Å²) in [5.74, 6) is 3.44. The van der Waals surface area contributed by atoms with Crippen molar-refractivity contribution >= 4 is 29.8 Å². The van der Waals surface area contributed by atoms with Gasteiger partial charge in [-0.15, -0.1) is 0 Å². The summed E-state index contributed by atoms with van der Waals surface area (Å²) in [6, 6.07) is 0. The van der Waals surface area contributed by atoms with E-state index in [4.69, 9.17) is 23.7 Å². The van der Waals surface area contributed by atoms with Crippen LogP contribution in [-0.2, 0) is 47.7 Å². The van der Waals surface area contributed by atoms with Crippen LogP contribution in [0.4, 0.5) is 0 Å². The Bertz CT molecular complexity index is 1630. The molecular formula is C49H76O11. The summed E-state index contributed by atoms with van der Waals surface area (Å²) >= 11 is 0. The highest BCUT2D eigenvalue weighted by atomic mass is 16.6. The van der Waals surface area contributed by atoms with Crippen molar-refractivity contribution < 1.29 is 52.8 Å². The standard InChI is InChI=1S/C19H30O4.C16H26O3.C14H20O4/c1-5-18(2,3)17(21)22-11-16(20)23-19(4)14-7-12-6-13(9-14)10-15(19)8-12;1-4-14(2,3)13(17)19-16-8-11-5-12(9-16)7-15(18,6-11)10-16;1-4-14(2,3)13(16)18-10-7-5-8-9(6-7)12(15)17-11(8)10/h12-15H,5-11H2,1-4H3;11-12,18H,4-10H2,1-3H3;7-11H,4-6H2,1-3H3. The zero-order valence-corrected chi connectivity index (χ0v) is 38.4. The molecule has 11 nitrogen and oxygen atoms in total. The monoisotopic (exact) mass is 841 g/mol. The summed E-state index contributed by atoms with van der Waals surface area (Å²) < 4.78 is 28.1. The first kappa shape index (κ1) is 45.3. The molecule has 10 saturated carbocycles. The van der Waals surface area contributed by atoms with Crippen molar-refractivity contribution in [3.63, 3.8) is 0 Å². The fraction of sp³-hybridized carbons (Fsp3) is 0.898. The summed E-state index contributed by atoms with van der Waals surface area (Å²) in [5.41, 5.74) is -2.68. The molecule has 0 amide bonds. The Balaban J connectivity index is 0.000000137. The van der Waals surface area contributed by atoms with Crippen LogP contribution in [0.15, 0.2) is 0 Å². The van der Waals surface area contributed by atoms with Crippen LogP contribution >= 0.6 is 0 Å². The van der Waals surface area contributed by atoms with Crippen molar-refractivity contribution in [3.8, 4) is 0 Å². The minimum absolute atomic E-state index is 0.0779. The highest BCUT2D eigenvalue weighted by Gasteiger charge is 2.64. The molecule has 11 aliphatic rings. The zero-order chi connectivity index (χ0) is 43.8. The topological polar surface area (TPSA) is 152 Å². The second kappa shape index (κ2) is 16.1. The highest BCUT2D eigenvalue weighted by molar-refractivity contribution is 5.80. The number of esters is 5. The van der Waals surface area contributed by atoms with Crippen LogP contribution in [0.3, 0.4) is 0 Å². The lowest BCUT2D eigenvalue weighted by Crippen LogP contribution is -2.61. The van der Waals surface area contributed by atoms with Gasteiger partial charge in [0.05, 0.1) is 27.8 Å². The summed E-state index contributed by atoms with van der Waals surface area (Å²) in [6.45, 7) is 19.1. The predicted octanol–water partition coefficient (Wildman–Crippen LogP) is 8.69. The van der Waals surface area contributed by atoms with Crippen LogP contribution < -0.4 is 0 Å². The Labute approximate surface area is 358 Å². The van der Waals surface area contributed by atoms with E-state index >= 15 is 0 Å². The Morgan fingerprint density at radius 2 is 1.20 bits per heavy atom. The maximum atomic E-state index is 12.4. The van der Waals surface area contributed by atoms with E-state index < -0.39 is 21.8 Å². The molecule has 11 heteroatoms. The van der Waals surface area contributed by atoms with Gasteiger partial charge in [0.1, 0.15) is 23.4 Å². The predicted molar refractivity (Wildman–Crippen MR) is 223 cm³/mol.